The van der Waals surface area contributed by atoms with Gasteiger partial charge < -0.3 is 10.1 Å². The molecule has 0 fully saturated rings. The van der Waals surface area contributed by atoms with E-state index < -0.39 is 28.7 Å². The van der Waals surface area contributed by atoms with Crippen LogP contribution in [0.2, 0.25) is 0 Å². The van der Waals surface area contributed by atoms with Gasteiger partial charge in [0.1, 0.15) is 6.61 Å². The number of sulfonamides is 1. The average molecular weight is 382 g/mol. The molecule has 1 rings (SSSR count). The number of amides is 1. The average Bonchev–Trinajstić information content (AvgIpc) is 2.54. The van der Waals surface area contributed by atoms with Gasteiger partial charge in [-0.2, -0.15) is 17.5 Å². The predicted octanol–water partition coefficient (Wildman–Crippen LogP) is 2.03. The molecule has 0 bridgehead atoms. The van der Waals surface area contributed by atoms with Crippen molar-refractivity contribution in [2.75, 3.05) is 32.8 Å². The zero-order chi connectivity index (χ0) is 19.1. The number of nitrogens with one attached hydrogen (secondary N) is 1. The van der Waals surface area contributed by atoms with Gasteiger partial charge in [0.25, 0.3) is 5.91 Å². The fourth-order valence-corrected chi connectivity index (χ4v) is 3.54. The molecule has 1 N–H and O–H groups in total. The van der Waals surface area contributed by atoms with Crippen LogP contribution < -0.4 is 5.32 Å². The number of benzene rings is 1. The SMILES string of the molecule is CCN(CC)S(=O)(=O)c1cccc(C(=O)NCCOCC(F)(F)F)c1. The third kappa shape index (κ3) is 6.63. The van der Waals surface area contributed by atoms with Gasteiger partial charge in [0, 0.05) is 25.2 Å². The van der Waals surface area contributed by atoms with Crippen LogP contribution in [0, 0.1) is 0 Å². The Hall–Kier alpha value is -1.65. The minimum absolute atomic E-state index is 0.0165. The van der Waals surface area contributed by atoms with E-state index >= 15 is 0 Å². The van der Waals surface area contributed by atoms with E-state index in [1.165, 1.54) is 28.6 Å². The van der Waals surface area contributed by atoms with Crippen LogP contribution in [0.4, 0.5) is 13.2 Å². The van der Waals surface area contributed by atoms with Crippen molar-refractivity contribution in [3.05, 3.63) is 29.8 Å². The Balaban J connectivity index is 2.70. The van der Waals surface area contributed by atoms with Crippen LogP contribution in [-0.2, 0) is 14.8 Å². The van der Waals surface area contributed by atoms with Gasteiger partial charge in [-0.3, -0.25) is 4.79 Å². The number of carbonyl (C=O) groups excluding carboxylic acids is 1. The van der Waals surface area contributed by atoms with E-state index in [9.17, 15) is 26.4 Å². The summed E-state index contributed by atoms with van der Waals surface area (Å²) in [6.07, 6.45) is -4.42. The van der Waals surface area contributed by atoms with Crippen LogP contribution in [0.15, 0.2) is 29.2 Å². The van der Waals surface area contributed by atoms with Crippen molar-refractivity contribution in [3.63, 3.8) is 0 Å². The first-order chi connectivity index (χ1) is 11.6. The number of alkyl halides is 3. The van der Waals surface area contributed by atoms with Crippen LogP contribution in [0.25, 0.3) is 0 Å². The third-order valence-corrected chi connectivity index (χ3v) is 5.28. The molecule has 1 aromatic rings. The molecule has 0 saturated heterocycles. The summed E-state index contributed by atoms with van der Waals surface area (Å²) in [5.74, 6) is -0.591. The number of hydrogen-bond donors (Lipinski definition) is 1. The number of halogens is 3. The van der Waals surface area contributed by atoms with Crippen molar-refractivity contribution in [3.8, 4) is 0 Å². The molecule has 0 aliphatic rings. The first-order valence-electron chi connectivity index (χ1n) is 7.64. The lowest BCUT2D eigenvalue weighted by atomic mass is 10.2. The highest BCUT2D eigenvalue weighted by molar-refractivity contribution is 7.89. The summed E-state index contributed by atoms with van der Waals surface area (Å²) in [5.41, 5.74) is 0.101. The van der Waals surface area contributed by atoms with Gasteiger partial charge in [0.15, 0.2) is 0 Å². The normalized spacial score (nSPS) is 12.4. The maximum atomic E-state index is 12.4. The molecule has 10 heteroatoms. The summed E-state index contributed by atoms with van der Waals surface area (Å²) < 4.78 is 66.2. The first kappa shape index (κ1) is 21.4. The molecule has 0 atom stereocenters. The van der Waals surface area contributed by atoms with E-state index in [0.717, 1.165) is 0 Å². The lowest BCUT2D eigenvalue weighted by Gasteiger charge is -2.18. The second-order valence-electron chi connectivity index (χ2n) is 5.04. The molecule has 0 aliphatic heterocycles. The summed E-state index contributed by atoms with van der Waals surface area (Å²) in [5, 5.41) is 2.38. The number of ether oxygens (including phenoxy) is 1. The van der Waals surface area contributed by atoms with Gasteiger partial charge in [0.05, 0.1) is 11.5 Å². The molecule has 0 aromatic heterocycles. The Kier molecular flexibility index (Phi) is 7.84. The van der Waals surface area contributed by atoms with Crippen molar-refractivity contribution in [2.45, 2.75) is 24.9 Å². The number of hydrogen-bond acceptors (Lipinski definition) is 4. The molecule has 0 saturated carbocycles. The molecule has 142 valence electrons. The van der Waals surface area contributed by atoms with Gasteiger partial charge in [-0.1, -0.05) is 19.9 Å². The summed E-state index contributed by atoms with van der Waals surface area (Å²) >= 11 is 0. The standard InChI is InChI=1S/C15H21F3N2O4S/c1-3-20(4-2)25(22,23)13-7-5-6-12(10-13)14(21)19-8-9-24-11-15(16,17)18/h5-7,10H,3-4,8-9,11H2,1-2H3,(H,19,21). The smallest absolute Gasteiger partial charge is 0.370 e. The van der Waals surface area contributed by atoms with E-state index in [0.29, 0.717) is 13.1 Å². The van der Waals surface area contributed by atoms with Crippen molar-refractivity contribution < 1.29 is 31.1 Å². The molecule has 0 radical (unpaired) electrons. The molecule has 0 unspecified atom stereocenters. The van der Waals surface area contributed by atoms with Crippen molar-refractivity contribution in [1.29, 1.82) is 0 Å². The predicted molar refractivity (Wildman–Crippen MR) is 85.8 cm³/mol. The molecule has 0 aliphatic carbocycles. The molecule has 6 nitrogen and oxygen atoms in total. The highest BCUT2D eigenvalue weighted by Gasteiger charge is 2.27. The number of nitrogens with zero attached hydrogens (tertiary/aromatic N) is 1. The van der Waals surface area contributed by atoms with Gasteiger partial charge >= 0.3 is 6.18 Å². The summed E-state index contributed by atoms with van der Waals surface area (Å²) in [7, 11) is -3.70. The van der Waals surface area contributed by atoms with Crippen LogP contribution in [0.1, 0.15) is 24.2 Å². The Labute approximate surface area is 145 Å². The van der Waals surface area contributed by atoms with Crippen molar-refractivity contribution >= 4 is 15.9 Å². The van der Waals surface area contributed by atoms with E-state index in [4.69, 9.17) is 0 Å². The van der Waals surface area contributed by atoms with Gasteiger partial charge in [-0.05, 0) is 18.2 Å². The van der Waals surface area contributed by atoms with Crippen LogP contribution in [0.5, 0.6) is 0 Å². The molecular formula is C15H21F3N2O4S. The molecule has 0 spiro atoms. The Morgan fingerprint density at radius 1 is 1.24 bits per heavy atom. The highest BCUT2D eigenvalue weighted by atomic mass is 32.2. The third-order valence-electron chi connectivity index (χ3n) is 3.24. The van der Waals surface area contributed by atoms with Crippen LogP contribution in [0.3, 0.4) is 0 Å². The van der Waals surface area contributed by atoms with Gasteiger partial charge in [-0.25, -0.2) is 8.42 Å². The van der Waals surface area contributed by atoms with Crippen molar-refractivity contribution in [1.82, 2.24) is 9.62 Å². The van der Waals surface area contributed by atoms with Crippen LogP contribution in [-0.4, -0.2) is 57.7 Å². The van der Waals surface area contributed by atoms with E-state index in [-0.39, 0.29) is 23.6 Å². The zero-order valence-corrected chi connectivity index (χ0v) is 14.8. The maximum absolute atomic E-state index is 12.4. The number of rotatable bonds is 9. The largest absolute Gasteiger partial charge is 0.411 e. The van der Waals surface area contributed by atoms with Crippen molar-refractivity contribution in [2.24, 2.45) is 0 Å². The van der Waals surface area contributed by atoms with E-state index in [2.05, 4.69) is 10.1 Å². The minimum Gasteiger partial charge on any atom is -0.370 e. The molecule has 0 heterocycles. The van der Waals surface area contributed by atoms with E-state index in [1.807, 2.05) is 0 Å². The minimum atomic E-state index is -4.42. The summed E-state index contributed by atoms with van der Waals surface area (Å²) in [6, 6.07) is 5.48. The fourth-order valence-electron chi connectivity index (χ4n) is 2.04. The summed E-state index contributed by atoms with van der Waals surface area (Å²) in [4.78, 5) is 12.0. The number of carbonyl (C=O) groups is 1. The fraction of sp³-hybridized carbons (Fsp3) is 0.533. The maximum Gasteiger partial charge on any atom is 0.411 e. The molecular weight excluding hydrogens is 361 g/mol. The summed E-state index contributed by atoms with van der Waals surface area (Å²) in [6.45, 7) is 2.19. The van der Waals surface area contributed by atoms with Crippen LogP contribution >= 0.6 is 0 Å². The lowest BCUT2D eigenvalue weighted by Crippen LogP contribution is -2.31. The molecule has 1 amide bonds. The molecule has 1 aromatic carbocycles. The highest BCUT2D eigenvalue weighted by Crippen LogP contribution is 2.17. The van der Waals surface area contributed by atoms with Gasteiger partial charge in [0.2, 0.25) is 10.0 Å². The van der Waals surface area contributed by atoms with E-state index in [1.54, 1.807) is 13.8 Å². The topological polar surface area (TPSA) is 75.7 Å². The molecule has 25 heavy (non-hydrogen) atoms. The quantitative estimate of drug-likeness (QED) is 0.663. The zero-order valence-electron chi connectivity index (χ0n) is 14.0. The Morgan fingerprint density at radius 3 is 2.44 bits per heavy atom. The monoisotopic (exact) mass is 382 g/mol. The second-order valence-corrected chi connectivity index (χ2v) is 6.98. The van der Waals surface area contributed by atoms with Gasteiger partial charge in [-0.15, -0.1) is 0 Å². The Bertz CT molecular complexity index is 674. The second kappa shape index (κ2) is 9.16. The Morgan fingerprint density at radius 2 is 1.88 bits per heavy atom. The first-order valence-corrected chi connectivity index (χ1v) is 9.08. The lowest BCUT2D eigenvalue weighted by molar-refractivity contribution is -0.173.